The second-order valence-corrected chi connectivity index (χ2v) is 10.9. The molecule has 2 aliphatic rings. The van der Waals surface area contributed by atoms with Crippen LogP contribution in [0.25, 0.3) is 23.0 Å². The topological polar surface area (TPSA) is 59.4 Å². The number of aryl methyl sites for hydroxylation is 1. The third-order valence-corrected chi connectivity index (χ3v) is 8.09. The van der Waals surface area contributed by atoms with Crippen molar-refractivity contribution in [3.05, 3.63) is 102 Å². The van der Waals surface area contributed by atoms with E-state index in [2.05, 4.69) is 67.5 Å². The summed E-state index contributed by atoms with van der Waals surface area (Å²) in [6.07, 6.45) is 6.83. The van der Waals surface area contributed by atoms with Gasteiger partial charge in [0.15, 0.2) is 0 Å². The number of rotatable bonds is 6. The number of nitrogens with zero attached hydrogens (tertiary/aromatic N) is 3. The number of para-hydroxylation sites is 1. The monoisotopic (exact) mass is 518 g/mol. The number of hydrogen-bond acceptors (Lipinski definition) is 4. The molecule has 3 aromatic carbocycles. The van der Waals surface area contributed by atoms with Crippen LogP contribution in [0.15, 0.2) is 85.1 Å². The van der Waals surface area contributed by atoms with Gasteiger partial charge in [0.1, 0.15) is 11.4 Å². The third-order valence-electron chi connectivity index (χ3n) is 8.09. The fourth-order valence-electron chi connectivity index (χ4n) is 6.00. The van der Waals surface area contributed by atoms with Gasteiger partial charge < -0.3 is 15.0 Å². The number of benzene rings is 3. The summed E-state index contributed by atoms with van der Waals surface area (Å²) in [4.78, 5) is 15.2. The van der Waals surface area contributed by atoms with Crippen LogP contribution in [-0.4, -0.2) is 34.5 Å². The molecular weight excluding hydrogens is 484 g/mol. The summed E-state index contributed by atoms with van der Waals surface area (Å²) in [5.74, 6) is 0.904. The van der Waals surface area contributed by atoms with E-state index < -0.39 is 5.66 Å². The Morgan fingerprint density at radius 1 is 1.05 bits per heavy atom. The van der Waals surface area contributed by atoms with Crippen LogP contribution in [0.1, 0.15) is 43.9 Å². The van der Waals surface area contributed by atoms with Crippen molar-refractivity contribution in [3.8, 4) is 22.7 Å². The maximum absolute atomic E-state index is 12.9. The SMILES string of the molecule is CCOc1ccc(-c2nn(-c3ccccc3)cc2/C=C/[C@@]23NC(=O)CCN2c2ccc(C)cc2C3(C)C)cc1. The van der Waals surface area contributed by atoms with E-state index in [9.17, 15) is 4.79 Å². The fraction of sp³-hybridized carbons (Fsp3) is 0.273. The van der Waals surface area contributed by atoms with E-state index in [-0.39, 0.29) is 11.3 Å². The van der Waals surface area contributed by atoms with Gasteiger partial charge in [-0.15, -0.1) is 0 Å². The quantitative estimate of drug-likeness (QED) is 0.327. The van der Waals surface area contributed by atoms with E-state index in [0.29, 0.717) is 19.6 Å². The van der Waals surface area contributed by atoms with Gasteiger partial charge in [-0.1, -0.05) is 55.8 Å². The van der Waals surface area contributed by atoms with Gasteiger partial charge in [0.2, 0.25) is 5.91 Å². The maximum atomic E-state index is 12.9. The molecule has 0 spiro atoms. The molecule has 0 unspecified atom stereocenters. The first-order chi connectivity index (χ1) is 18.8. The van der Waals surface area contributed by atoms with Gasteiger partial charge in [-0.25, -0.2) is 4.68 Å². The number of carbonyl (C=O) groups excluding carboxylic acids is 1. The van der Waals surface area contributed by atoms with E-state index in [0.717, 1.165) is 28.3 Å². The smallest absolute Gasteiger partial charge is 0.223 e. The summed E-state index contributed by atoms with van der Waals surface area (Å²) in [7, 11) is 0. The van der Waals surface area contributed by atoms with Crippen LogP contribution in [0.3, 0.4) is 0 Å². The molecule has 39 heavy (non-hydrogen) atoms. The molecule has 0 radical (unpaired) electrons. The van der Waals surface area contributed by atoms with Crippen LogP contribution in [0.5, 0.6) is 5.75 Å². The third kappa shape index (κ3) is 4.11. The Morgan fingerprint density at radius 3 is 2.56 bits per heavy atom. The van der Waals surface area contributed by atoms with Crippen molar-refractivity contribution in [1.82, 2.24) is 15.1 Å². The minimum absolute atomic E-state index is 0.0696. The predicted octanol–water partition coefficient (Wildman–Crippen LogP) is 6.27. The molecule has 0 saturated carbocycles. The van der Waals surface area contributed by atoms with Crippen LogP contribution in [0, 0.1) is 6.92 Å². The molecule has 2 aliphatic heterocycles. The van der Waals surface area contributed by atoms with Gasteiger partial charge in [-0.05, 0) is 68.0 Å². The zero-order chi connectivity index (χ0) is 27.2. The molecule has 6 rings (SSSR count). The van der Waals surface area contributed by atoms with Crippen molar-refractivity contribution in [2.24, 2.45) is 0 Å². The Bertz CT molecular complexity index is 1550. The summed E-state index contributed by atoms with van der Waals surface area (Å²) in [5, 5.41) is 8.39. The lowest BCUT2D eigenvalue weighted by molar-refractivity contribution is -0.124. The molecule has 1 N–H and O–H groups in total. The Labute approximate surface area is 229 Å². The molecule has 1 aromatic heterocycles. The van der Waals surface area contributed by atoms with Crippen molar-refractivity contribution >= 4 is 17.7 Å². The molecule has 1 amide bonds. The summed E-state index contributed by atoms with van der Waals surface area (Å²) < 4.78 is 7.58. The fourth-order valence-corrected chi connectivity index (χ4v) is 6.00. The molecule has 4 aromatic rings. The number of amides is 1. The van der Waals surface area contributed by atoms with Crippen molar-refractivity contribution in [2.75, 3.05) is 18.1 Å². The van der Waals surface area contributed by atoms with E-state index in [1.165, 1.54) is 16.8 Å². The summed E-state index contributed by atoms with van der Waals surface area (Å²) in [6, 6.07) is 24.8. The van der Waals surface area contributed by atoms with Gasteiger partial charge in [-0.2, -0.15) is 5.10 Å². The Hall–Kier alpha value is -4.32. The average Bonchev–Trinajstić information content (AvgIpc) is 3.44. The lowest BCUT2D eigenvalue weighted by Crippen LogP contribution is -2.68. The lowest BCUT2D eigenvalue weighted by atomic mass is 9.74. The molecule has 1 atom stereocenters. The Morgan fingerprint density at radius 2 is 1.82 bits per heavy atom. The molecule has 0 aliphatic carbocycles. The number of ether oxygens (including phenoxy) is 1. The Kier molecular flexibility index (Phi) is 6.06. The zero-order valence-corrected chi connectivity index (χ0v) is 22.9. The molecule has 0 bridgehead atoms. The molecule has 1 saturated heterocycles. The van der Waals surface area contributed by atoms with E-state index in [1.807, 2.05) is 66.2 Å². The highest BCUT2D eigenvalue weighted by Crippen LogP contribution is 2.52. The van der Waals surface area contributed by atoms with Crippen molar-refractivity contribution in [1.29, 1.82) is 0 Å². The number of fused-ring (bicyclic) bond motifs is 3. The standard InChI is InChI=1S/C33H34N4O2/c1-5-39-27-14-12-24(13-15-27)31-25(22-37(35-31)26-9-7-6-8-10-26)17-19-33-32(3,4)28-21-23(2)11-16-29(28)36(33)20-18-30(38)34-33/h6-17,19,21-22H,5,18,20H2,1-4H3,(H,34,38)/b19-17+/t33-/m1/s1. The molecule has 6 nitrogen and oxygen atoms in total. The summed E-state index contributed by atoms with van der Waals surface area (Å²) in [5.41, 5.74) is 6.43. The highest BCUT2D eigenvalue weighted by atomic mass is 16.5. The highest BCUT2D eigenvalue weighted by Gasteiger charge is 2.57. The first-order valence-electron chi connectivity index (χ1n) is 13.6. The van der Waals surface area contributed by atoms with Crippen LogP contribution in [0.4, 0.5) is 5.69 Å². The molecular formula is C33H34N4O2. The van der Waals surface area contributed by atoms with Crippen LogP contribution in [0.2, 0.25) is 0 Å². The van der Waals surface area contributed by atoms with Crippen LogP contribution >= 0.6 is 0 Å². The lowest BCUT2D eigenvalue weighted by Gasteiger charge is -2.49. The van der Waals surface area contributed by atoms with Crippen LogP contribution in [-0.2, 0) is 10.2 Å². The molecule has 3 heterocycles. The minimum Gasteiger partial charge on any atom is -0.494 e. The molecule has 6 heteroatoms. The predicted molar refractivity (Wildman–Crippen MR) is 156 cm³/mol. The van der Waals surface area contributed by atoms with E-state index >= 15 is 0 Å². The van der Waals surface area contributed by atoms with Gasteiger partial charge >= 0.3 is 0 Å². The number of anilines is 1. The largest absolute Gasteiger partial charge is 0.494 e. The van der Waals surface area contributed by atoms with E-state index in [4.69, 9.17) is 9.84 Å². The normalized spacial score (nSPS) is 19.6. The highest BCUT2D eigenvalue weighted by molar-refractivity contribution is 5.85. The number of hydrogen-bond donors (Lipinski definition) is 1. The molecule has 1 fully saturated rings. The van der Waals surface area contributed by atoms with E-state index in [1.54, 1.807) is 0 Å². The molecule has 198 valence electrons. The van der Waals surface area contributed by atoms with Gasteiger partial charge in [0, 0.05) is 41.4 Å². The van der Waals surface area contributed by atoms with Crippen molar-refractivity contribution in [2.45, 2.75) is 45.2 Å². The van der Waals surface area contributed by atoms with Crippen LogP contribution < -0.4 is 15.0 Å². The van der Waals surface area contributed by atoms with Crippen molar-refractivity contribution in [3.63, 3.8) is 0 Å². The first-order valence-corrected chi connectivity index (χ1v) is 13.6. The Balaban J connectivity index is 1.47. The number of aromatic nitrogens is 2. The van der Waals surface area contributed by atoms with Gasteiger partial charge in [0.25, 0.3) is 0 Å². The van der Waals surface area contributed by atoms with Crippen molar-refractivity contribution < 1.29 is 9.53 Å². The first kappa shape index (κ1) is 25.0. The van der Waals surface area contributed by atoms with Gasteiger partial charge in [0.05, 0.1) is 18.0 Å². The summed E-state index contributed by atoms with van der Waals surface area (Å²) >= 11 is 0. The number of nitrogens with one attached hydrogen (secondary N) is 1. The minimum atomic E-state index is -0.691. The maximum Gasteiger partial charge on any atom is 0.223 e. The second-order valence-electron chi connectivity index (χ2n) is 10.9. The average molecular weight is 519 g/mol. The number of carbonyl (C=O) groups is 1. The second kappa shape index (κ2) is 9.45. The summed E-state index contributed by atoms with van der Waals surface area (Å²) in [6.45, 7) is 9.84. The van der Waals surface area contributed by atoms with Gasteiger partial charge in [-0.3, -0.25) is 4.79 Å². The zero-order valence-electron chi connectivity index (χ0n) is 22.9.